The number of halogens is 1. The number of nitrogens with zero attached hydrogens (tertiary/aromatic N) is 6. The van der Waals surface area contributed by atoms with Gasteiger partial charge < -0.3 is 19.6 Å². The standard InChI is InChI=1S/C22H27ClN6O/c1-26-10-12-27(13-11-26)20-7-8-21(25-24-20)28-14-16-29(17-15-28)22(30)9-4-18-2-5-19(23)6-3-18/h2-9H,10-17H2,1H3/b9-4+. The molecule has 2 aliphatic rings. The van der Waals surface area contributed by atoms with Gasteiger partial charge in [-0.25, -0.2) is 0 Å². The van der Waals surface area contributed by atoms with E-state index in [0.717, 1.165) is 56.5 Å². The first-order valence-electron chi connectivity index (χ1n) is 10.3. The number of carbonyl (C=O) groups is 1. The lowest BCUT2D eigenvalue weighted by Gasteiger charge is -2.35. The molecule has 2 aliphatic heterocycles. The maximum absolute atomic E-state index is 12.5. The number of rotatable bonds is 4. The Kier molecular flexibility index (Phi) is 6.50. The fourth-order valence-corrected chi connectivity index (χ4v) is 3.82. The molecule has 3 heterocycles. The van der Waals surface area contributed by atoms with E-state index in [1.54, 1.807) is 6.08 Å². The third-order valence-electron chi connectivity index (χ3n) is 5.67. The highest BCUT2D eigenvalue weighted by Gasteiger charge is 2.21. The Hall–Kier alpha value is -2.64. The molecule has 1 aromatic carbocycles. The minimum atomic E-state index is 0.0288. The van der Waals surface area contributed by atoms with Crippen LogP contribution in [-0.2, 0) is 4.79 Å². The molecule has 2 aromatic rings. The van der Waals surface area contributed by atoms with E-state index in [9.17, 15) is 4.79 Å². The minimum absolute atomic E-state index is 0.0288. The van der Waals surface area contributed by atoms with Gasteiger partial charge in [-0.15, -0.1) is 10.2 Å². The molecule has 0 spiro atoms. The molecule has 8 heteroatoms. The van der Waals surface area contributed by atoms with Crippen molar-refractivity contribution in [1.29, 1.82) is 0 Å². The molecule has 2 saturated heterocycles. The second kappa shape index (κ2) is 9.45. The molecule has 0 bridgehead atoms. The van der Waals surface area contributed by atoms with Crippen molar-refractivity contribution < 1.29 is 4.79 Å². The van der Waals surface area contributed by atoms with Crippen LogP contribution >= 0.6 is 11.6 Å². The number of hydrogen-bond acceptors (Lipinski definition) is 6. The second-order valence-electron chi connectivity index (χ2n) is 7.74. The lowest BCUT2D eigenvalue weighted by molar-refractivity contribution is -0.126. The molecule has 0 N–H and O–H groups in total. The SMILES string of the molecule is CN1CCN(c2ccc(N3CCN(C(=O)/C=C/c4ccc(Cl)cc4)CC3)nn2)CC1. The molecule has 0 radical (unpaired) electrons. The van der Waals surface area contributed by atoms with Crippen LogP contribution in [0.4, 0.5) is 11.6 Å². The first-order chi connectivity index (χ1) is 14.6. The largest absolute Gasteiger partial charge is 0.353 e. The first kappa shape index (κ1) is 20.6. The molecular weight excluding hydrogens is 400 g/mol. The Morgan fingerprint density at radius 2 is 1.37 bits per heavy atom. The molecule has 30 heavy (non-hydrogen) atoms. The van der Waals surface area contributed by atoms with Crippen molar-refractivity contribution in [3.8, 4) is 0 Å². The molecule has 1 aromatic heterocycles. The zero-order valence-corrected chi connectivity index (χ0v) is 18.0. The quantitative estimate of drug-likeness (QED) is 0.699. The van der Waals surface area contributed by atoms with Gasteiger partial charge >= 0.3 is 0 Å². The highest BCUT2D eigenvalue weighted by molar-refractivity contribution is 6.30. The van der Waals surface area contributed by atoms with Crippen LogP contribution in [0.5, 0.6) is 0 Å². The monoisotopic (exact) mass is 426 g/mol. The van der Waals surface area contributed by atoms with Crippen LogP contribution in [-0.4, -0.2) is 85.3 Å². The average molecular weight is 427 g/mol. The number of amides is 1. The normalized spacial score (nSPS) is 18.3. The van der Waals surface area contributed by atoms with Crippen molar-refractivity contribution in [1.82, 2.24) is 20.0 Å². The van der Waals surface area contributed by atoms with E-state index in [2.05, 4.69) is 38.0 Å². The summed E-state index contributed by atoms with van der Waals surface area (Å²) in [4.78, 5) is 21.1. The predicted molar refractivity (Wildman–Crippen MR) is 121 cm³/mol. The van der Waals surface area contributed by atoms with Crippen LogP contribution in [0.25, 0.3) is 6.08 Å². The first-order valence-corrected chi connectivity index (χ1v) is 10.7. The van der Waals surface area contributed by atoms with Gasteiger partial charge in [0.05, 0.1) is 0 Å². The van der Waals surface area contributed by atoms with Gasteiger partial charge in [0.25, 0.3) is 0 Å². The predicted octanol–water partition coefficient (Wildman–Crippen LogP) is 2.24. The maximum atomic E-state index is 12.5. The highest BCUT2D eigenvalue weighted by atomic mass is 35.5. The average Bonchev–Trinajstić information content (AvgIpc) is 2.79. The van der Waals surface area contributed by atoms with Crippen LogP contribution < -0.4 is 9.80 Å². The molecular formula is C22H27ClN6O. The summed E-state index contributed by atoms with van der Waals surface area (Å²) in [6.07, 6.45) is 3.46. The summed E-state index contributed by atoms with van der Waals surface area (Å²) < 4.78 is 0. The fourth-order valence-electron chi connectivity index (χ4n) is 3.69. The van der Waals surface area contributed by atoms with Gasteiger partial charge in [0.15, 0.2) is 11.6 Å². The summed E-state index contributed by atoms with van der Waals surface area (Å²) in [7, 11) is 2.14. The summed E-state index contributed by atoms with van der Waals surface area (Å²) in [5.74, 6) is 1.84. The number of carbonyl (C=O) groups excluding carboxylic acids is 1. The van der Waals surface area contributed by atoms with Gasteiger partial charge in [-0.3, -0.25) is 4.79 Å². The summed E-state index contributed by atoms with van der Waals surface area (Å²) in [5, 5.41) is 9.57. The number of benzene rings is 1. The zero-order chi connectivity index (χ0) is 20.9. The molecule has 4 rings (SSSR count). The summed E-state index contributed by atoms with van der Waals surface area (Å²) in [6, 6.07) is 11.5. The number of aromatic nitrogens is 2. The van der Waals surface area contributed by atoms with Crippen LogP contribution in [0.15, 0.2) is 42.5 Å². The lowest BCUT2D eigenvalue weighted by atomic mass is 10.2. The van der Waals surface area contributed by atoms with E-state index >= 15 is 0 Å². The summed E-state index contributed by atoms with van der Waals surface area (Å²) in [6.45, 7) is 6.91. The van der Waals surface area contributed by atoms with Gasteiger partial charge in [0.1, 0.15) is 0 Å². The molecule has 158 valence electrons. The Balaban J connectivity index is 1.28. The third kappa shape index (κ3) is 5.09. The fraction of sp³-hybridized carbons (Fsp3) is 0.409. The number of piperazine rings is 2. The molecule has 0 aliphatic carbocycles. The minimum Gasteiger partial charge on any atom is -0.353 e. The number of hydrogen-bond donors (Lipinski definition) is 0. The van der Waals surface area contributed by atoms with Gasteiger partial charge in [-0.05, 0) is 43.0 Å². The van der Waals surface area contributed by atoms with E-state index in [-0.39, 0.29) is 5.91 Å². The zero-order valence-electron chi connectivity index (χ0n) is 17.2. The Morgan fingerprint density at radius 1 is 0.833 bits per heavy atom. The Bertz CT molecular complexity index is 870. The summed E-state index contributed by atoms with van der Waals surface area (Å²) in [5.41, 5.74) is 0.960. The van der Waals surface area contributed by atoms with Gasteiger partial charge in [-0.1, -0.05) is 23.7 Å². The van der Waals surface area contributed by atoms with Crippen molar-refractivity contribution in [3.05, 3.63) is 53.1 Å². The van der Waals surface area contributed by atoms with Crippen molar-refractivity contribution in [3.63, 3.8) is 0 Å². The Morgan fingerprint density at radius 3 is 1.90 bits per heavy atom. The number of anilines is 2. The molecule has 2 fully saturated rings. The second-order valence-corrected chi connectivity index (χ2v) is 8.17. The van der Waals surface area contributed by atoms with Crippen LogP contribution in [0, 0.1) is 0 Å². The molecule has 0 atom stereocenters. The van der Waals surface area contributed by atoms with E-state index in [0.29, 0.717) is 18.1 Å². The van der Waals surface area contributed by atoms with Crippen molar-refractivity contribution in [2.45, 2.75) is 0 Å². The maximum Gasteiger partial charge on any atom is 0.246 e. The van der Waals surface area contributed by atoms with Crippen LogP contribution in [0.1, 0.15) is 5.56 Å². The van der Waals surface area contributed by atoms with E-state index in [1.165, 1.54) is 0 Å². The topological polar surface area (TPSA) is 55.8 Å². The third-order valence-corrected chi connectivity index (χ3v) is 5.92. The van der Waals surface area contributed by atoms with Crippen molar-refractivity contribution in [2.75, 3.05) is 69.2 Å². The van der Waals surface area contributed by atoms with Crippen LogP contribution in [0.3, 0.4) is 0 Å². The van der Waals surface area contributed by atoms with E-state index in [4.69, 9.17) is 11.6 Å². The lowest BCUT2D eigenvalue weighted by Crippen LogP contribution is -2.48. The van der Waals surface area contributed by atoms with Gasteiger partial charge in [0.2, 0.25) is 5.91 Å². The number of likely N-dealkylation sites (N-methyl/N-ethyl adjacent to an activating group) is 1. The molecule has 1 amide bonds. The van der Waals surface area contributed by atoms with Gasteiger partial charge in [0, 0.05) is 63.5 Å². The van der Waals surface area contributed by atoms with Crippen molar-refractivity contribution >= 4 is 35.2 Å². The van der Waals surface area contributed by atoms with E-state index in [1.807, 2.05) is 41.3 Å². The van der Waals surface area contributed by atoms with Gasteiger partial charge in [-0.2, -0.15) is 0 Å². The molecule has 0 saturated carbocycles. The van der Waals surface area contributed by atoms with E-state index < -0.39 is 0 Å². The van der Waals surface area contributed by atoms with Crippen molar-refractivity contribution in [2.24, 2.45) is 0 Å². The molecule has 0 unspecified atom stereocenters. The highest BCUT2D eigenvalue weighted by Crippen LogP contribution is 2.18. The summed E-state index contributed by atoms with van der Waals surface area (Å²) >= 11 is 5.90. The molecule has 7 nitrogen and oxygen atoms in total. The smallest absolute Gasteiger partial charge is 0.246 e. The van der Waals surface area contributed by atoms with Crippen LogP contribution in [0.2, 0.25) is 5.02 Å². The Labute approximate surface area is 182 Å².